The fourth-order valence-corrected chi connectivity index (χ4v) is 6.28. The third kappa shape index (κ3) is 16.9. The van der Waals surface area contributed by atoms with Crippen LogP contribution in [0.4, 0.5) is 9.59 Å². The molecule has 2 unspecified atom stereocenters. The van der Waals surface area contributed by atoms with Gasteiger partial charge in [-0.3, -0.25) is 0 Å². The van der Waals surface area contributed by atoms with E-state index in [0.717, 1.165) is 76.0 Å². The van der Waals surface area contributed by atoms with Crippen LogP contribution in [0.25, 0.3) is 0 Å². The van der Waals surface area contributed by atoms with Crippen LogP contribution >= 0.6 is 0 Å². The molecule has 0 radical (unpaired) electrons. The Morgan fingerprint density at radius 1 is 0.634 bits per heavy atom. The summed E-state index contributed by atoms with van der Waals surface area (Å²) in [5.74, 6) is 2.64. The maximum atomic E-state index is 12.3. The second kappa shape index (κ2) is 20.0. The lowest BCUT2D eigenvalue weighted by Crippen LogP contribution is -2.39. The minimum Gasteiger partial charge on any atom is -0.450 e. The largest absolute Gasteiger partial charge is 0.450 e. The molecule has 2 fully saturated rings. The number of hydrogen-bond donors (Lipinski definition) is 2. The lowest BCUT2D eigenvalue weighted by Gasteiger charge is -2.34. The van der Waals surface area contributed by atoms with Gasteiger partial charge >= 0.3 is 12.2 Å². The van der Waals surface area contributed by atoms with Gasteiger partial charge in [0.15, 0.2) is 0 Å². The SMILES string of the molecule is CC(C)=CCCC(C)CCOC(=O)NC1CCC(CC2CCC(NC(=O)OCCC(C)CCC=C(C)C)CC2)CC1. The molecule has 2 saturated carbocycles. The van der Waals surface area contributed by atoms with Gasteiger partial charge in [0.1, 0.15) is 0 Å². The predicted octanol–water partition coefficient (Wildman–Crippen LogP) is 9.49. The third-order valence-corrected chi connectivity index (χ3v) is 9.12. The minimum atomic E-state index is -0.247. The molecule has 2 amide bonds. The first kappa shape index (κ1) is 35.2. The van der Waals surface area contributed by atoms with Gasteiger partial charge in [-0.1, -0.05) is 37.1 Å². The molecule has 0 aromatic rings. The normalized spacial score (nSPS) is 24.0. The average molecular weight is 575 g/mol. The van der Waals surface area contributed by atoms with Crippen molar-refractivity contribution >= 4 is 12.2 Å². The van der Waals surface area contributed by atoms with Gasteiger partial charge < -0.3 is 20.1 Å². The Bertz CT molecular complexity index is 733. The van der Waals surface area contributed by atoms with E-state index in [0.29, 0.717) is 25.0 Å². The molecule has 6 nitrogen and oxygen atoms in total. The molecule has 0 saturated heterocycles. The summed E-state index contributed by atoms with van der Waals surface area (Å²) in [5, 5.41) is 6.21. The number of allylic oxidation sites excluding steroid dienone is 4. The van der Waals surface area contributed by atoms with Crippen LogP contribution < -0.4 is 10.6 Å². The molecular formula is C35H62N2O4. The van der Waals surface area contributed by atoms with Gasteiger partial charge in [-0.2, -0.15) is 0 Å². The van der Waals surface area contributed by atoms with Crippen LogP contribution in [-0.2, 0) is 9.47 Å². The second-order valence-corrected chi connectivity index (χ2v) is 13.7. The van der Waals surface area contributed by atoms with Crippen LogP contribution in [0.1, 0.15) is 138 Å². The summed E-state index contributed by atoms with van der Waals surface area (Å²) in [6.45, 7) is 14.0. The van der Waals surface area contributed by atoms with Crippen LogP contribution in [0, 0.1) is 23.7 Å². The summed E-state index contributed by atoms with van der Waals surface area (Å²) in [5.41, 5.74) is 2.73. The Balaban J connectivity index is 1.50. The first-order valence-electron chi connectivity index (χ1n) is 16.7. The van der Waals surface area contributed by atoms with E-state index < -0.39 is 0 Å². The first-order chi connectivity index (χ1) is 19.6. The van der Waals surface area contributed by atoms with Crippen LogP contribution in [0.2, 0.25) is 0 Å². The topological polar surface area (TPSA) is 76.7 Å². The Kier molecular flexibility index (Phi) is 17.2. The zero-order chi connectivity index (χ0) is 30.0. The molecule has 2 N–H and O–H groups in total. The van der Waals surface area contributed by atoms with Gasteiger partial charge in [0.25, 0.3) is 0 Å². The van der Waals surface area contributed by atoms with Gasteiger partial charge in [-0.25, -0.2) is 9.59 Å². The van der Waals surface area contributed by atoms with E-state index in [4.69, 9.17) is 9.47 Å². The lowest BCUT2D eigenvalue weighted by atomic mass is 9.76. The van der Waals surface area contributed by atoms with Gasteiger partial charge in [0, 0.05) is 12.1 Å². The van der Waals surface area contributed by atoms with E-state index in [-0.39, 0.29) is 24.3 Å². The maximum absolute atomic E-state index is 12.3. The van der Waals surface area contributed by atoms with Crippen LogP contribution in [0.15, 0.2) is 23.3 Å². The van der Waals surface area contributed by atoms with Crippen molar-refractivity contribution in [2.75, 3.05) is 13.2 Å². The second-order valence-electron chi connectivity index (χ2n) is 13.7. The molecule has 0 spiro atoms. The molecule has 6 heteroatoms. The van der Waals surface area contributed by atoms with E-state index in [1.54, 1.807) is 0 Å². The standard InChI is InChI=1S/C35H62N2O4/c1-26(2)9-7-11-28(5)21-23-40-34(38)36-32-17-13-30(14-18-32)25-31-15-19-33(20-16-31)37-35(39)41-24-22-29(6)12-8-10-27(3)4/h9-10,28-33H,7-8,11-25H2,1-6H3,(H,36,38)(H,37,39). The molecule has 41 heavy (non-hydrogen) atoms. The maximum Gasteiger partial charge on any atom is 0.407 e. The van der Waals surface area contributed by atoms with E-state index in [1.165, 1.54) is 43.3 Å². The number of rotatable bonds is 16. The van der Waals surface area contributed by atoms with Crippen LogP contribution in [-0.4, -0.2) is 37.5 Å². The summed E-state index contributed by atoms with van der Waals surface area (Å²) >= 11 is 0. The van der Waals surface area contributed by atoms with E-state index in [2.05, 4.69) is 64.3 Å². The highest BCUT2D eigenvalue weighted by Gasteiger charge is 2.28. The van der Waals surface area contributed by atoms with Crippen LogP contribution in [0.5, 0.6) is 0 Å². The fourth-order valence-electron chi connectivity index (χ4n) is 6.28. The van der Waals surface area contributed by atoms with Crippen molar-refractivity contribution in [2.45, 2.75) is 150 Å². The Hall–Kier alpha value is -1.98. The molecule has 0 aromatic carbocycles. The number of carbonyl (C=O) groups excluding carboxylic acids is 2. The summed E-state index contributed by atoms with van der Waals surface area (Å²) < 4.78 is 11.0. The van der Waals surface area contributed by atoms with Crippen molar-refractivity contribution in [2.24, 2.45) is 23.7 Å². The number of carbonyl (C=O) groups is 2. The van der Waals surface area contributed by atoms with Crippen molar-refractivity contribution in [1.29, 1.82) is 0 Å². The molecule has 2 aliphatic rings. The van der Waals surface area contributed by atoms with E-state index in [1.807, 2.05) is 0 Å². The summed E-state index contributed by atoms with van der Waals surface area (Å²) in [7, 11) is 0. The molecule has 2 atom stereocenters. The van der Waals surface area contributed by atoms with Crippen LogP contribution in [0.3, 0.4) is 0 Å². The monoisotopic (exact) mass is 574 g/mol. The Labute approximate surface area is 251 Å². The highest BCUT2D eigenvalue weighted by molar-refractivity contribution is 5.67. The van der Waals surface area contributed by atoms with Crippen molar-refractivity contribution in [3.05, 3.63) is 23.3 Å². The van der Waals surface area contributed by atoms with Crippen molar-refractivity contribution < 1.29 is 19.1 Å². The summed E-state index contributed by atoms with van der Waals surface area (Å²) in [6, 6.07) is 0.500. The Morgan fingerprint density at radius 3 is 1.34 bits per heavy atom. The molecular weight excluding hydrogens is 512 g/mol. The predicted molar refractivity (Wildman–Crippen MR) is 170 cm³/mol. The van der Waals surface area contributed by atoms with E-state index in [9.17, 15) is 9.59 Å². The van der Waals surface area contributed by atoms with Gasteiger partial charge in [0.05, 0.1) is 13.2 Å². The first-order valence-corrected chi connectivity index (χ1v) is 16.7. The highest BCUT2D eigenvalue weighted by Crippen LogP contribution is 2.35. The number of hydrogen-bond acceptors (Lipinski definition) is 4. The van der Waals surface area contributed by atoms with Gasteiger partial charge in [-0.05, 0) is 148 Å². The minimum absolute atomic E-state index is 0.247. The number of nitrogens with one attached hydrogen (secondary N) is 2. The molecule has 0 aromatic heterocycles. The average Bonchev–Trinajstić information content (AvgIpc) is 2.90. The molecule has 0 heterocycles. The molecule has 2 rings (SSSR count). The molecule has 0 bridgehead atoms. The van der Waals surface area contributed by atoms with Crippen molar-refractivity contribution in [3.8, 4) is 0 Å². The summed E-state index contributed by atoms with van der Waals surface area (Å²) in [4.78, 5) is 24.5. The van der Waals surface area contributed by atoms with Crippen molar-refractivity contribution in [3.63, 3.8) is 0 Å². The summed E-state index contributed by atoms with van der Waals surface area (Å²) in [6.07, 6.45) is 20.6. The zero-order valence-corrected chi connectivity index (χ0v) is 27.3. The molecule has 236 valence electrons. The smallest absolute Gasteiger partial charge is 0.407 e. The molecule has 0 aliphatic heterocycles. The highest BCUT2D eigenvalue weighted by atomic mass is 16.6. The molecule has 2 aliphatic carbocycles. The van der Waals surface area contributed by atoms with Gasteiger partial charge in [0.2, 0.25) is 0 Å². The van der Waals surface area contributed by atoms with Gasteiger partial charge in [-0.15, -0.1) is 0 Å². The number of ether oxygens (including phenoxy) is 2. The third-order valence-electron chi connectivity index (χ3n) is 9.12. The number of alkyl carbamates (subject to hydrolysis) is 2. The van der Waals surface area contributed by atoms with Crippen molar-refractivity contribution in [1.82, 2.24) is 10.6 Å². The van der Waals surface area contributed by atoms with E-state index >= 15 is 0 Å². The number of amides is 2. The quantitative estimate of drug-likeness (QED) is 0.180. The fraction of sp³-hybridized carbons (Fsp3) is 0.829. The zero-order valence-electron chi connectivity index (χ0n) is 27.3. The lowest BCUT2D eigenvalue weighted by molar-refractivity contribution is 0.127. The Morgan fingerprint density at radius 2 is 1.00 bits per heavy atom.